The molecular formula is C38H43Cl2N3O9S. The Bertz CT molecular complexity index is 1810. The van der Waals surface area contributed by atoms with Gasteiger partial charge in [0.25, 0.3) is 0 Å². The van der Waals surface area contributed by atoms with Crippen molar-refractivity contribution in [3.63, 3.8) is 0 Å². The number of halogens is 2. The fourth-order valence-electron chi connectivity index (χ4n) is 7.45. The zero-order chi connectivity index (χ0) is 38.3. The van der Waals surface area contributed by atoms with Crippen LogP contribution >= 0.6 is 23.2 Å². The van der Waals surface area contributed by atoms with Gasteiger partial charge in [0, 0.05) is 64.5 Å². The lowest BCUT2D eigenvalue weighted by atomic mass is 9.79. The van der Waals surface area contributed by atoms with Gasteiger partial charge in [-0.3, -0.25) is 18.6 Å². The third-order valence-corrected chi connectivity index (χ3v) is 12.2. The minimum Gasteiger partial charge on any atom is -0.469 e. The van der Waals surface area contributed by atoms with Gasteiger partial charge in [-0.25, -0.2) is 9.59 Å². The number of carbonyl (C=O) groups is 5. The van der Waals surface area contributed by atoms with Crippen molar-refractivity contribution in [2.24, 2.45) is 5.41 Å². The summed E-state index contributed by atoms with van der Waals surface area (Å²) < 4.78 is 29.0. The molecule has 15 heteroatoms. The predicted molar refractivity (Wildman–Crippen MR) is 198 cm³/mol. The van der Waals surface area contributed by atoms with Crippen LogP contribution in [0.4, 0.5) is 0 Å². The van der Waals surface area contributed by atoms with Gasteiger partial charge in [-0.2, -0.15) is 0 Å². The quantitative estimate of drug-likeness (QED) is 0.232. The second-order valence-electron chi connectivity index (χ2n) is 13.3. The lowest BCUT2D eigenvalue weighted by molar-refractivity contribution is -0.146. The van der Waals surface area contributed by atoms with Gasteiger partial charge in [0.1, 0.15) is 0 Å². The summed E-state index contributed by atoms with van der Waals surface area (Å²) in [6.45, 7) is 1.06. The maximum absolute atomic E-state index is 14.0. The lowest BCUT2D eigenvalue weighted by Gasteiger charge is -2.38. The number of benzene rings is 2. The predicted octanol–water partition coefficient (Wildman–Crippen LogP) is 4.92. The molecule has 2 aromatic carbocycles. The van der Waals surface area contributed by atoms with Crippen LogP contribution in [0, 0.1) is 5.41 Å². The largest absolute Gasteiger partial charge is 0.469 e. The Morgan fingerprint density at radius 3 is 1.85 bits per heavy atom. The van der Waals surface area contributed by atoms with E-state index in [2.05, 4.69) is 5.32 Å². The van der Waals surface area contributed by atoms with Gasteiger partial charge < -0.3 is 29.3 Å². The van der Waals surface area contributed by atoms with Gasteiger partial charge >= 0.3 is 17.9 Å². The lowest BCUT2D eigenvalue weighted by Crippen LogP contribution is -2.51. The standard InChI is InChI=1S/C38H43Cl2N3O9S/c1-50-31(46)22-38(14-7-8-15-38)21-30(45)43-18-16-42(17-19-43)29(44)20-27-33(36(47)51-2)35(32-25(39)12-9-13-26(32)40)34(37(48)52-3)28(41-27)23-53(49)24-10-5-4-6-11-24/h4-6,9-13,35,41H,7-8,14-23H2,1-3H3. The first-order valence-electron chi connectivity index (χ1n) is 17.3. The normalized spacial score (nSPS) is 19.0. The van der Waals surface area contributed by atoms with Crippen molar-refractivity contribution < 1.29 is 42.4 Å². The number of esters is 3. The van der Waals surface area contributed by atoms with E-state index in [0.717, 1.165) is 25.7 Å². The first-order valence-corrected chi connectivity index (χ1v) is 19.4. The van der Waals surface area contributed by atoms with E-state index in [1.165, 1.54) is 21.3 Å². The summed E-state index contributed by atoms with van der Waals surface area (Å²) in [6.07, 6.45) is 3.58. The smallest absolute Gasteiger partial charge is 0.336 e. The number of hydrogen-bond donors (Lipinski definition) is 1. The van der Waals surface area contributed by atoms with Crippen LogP contribution in [0.15, 0.2) is 76.0 Å². The summed E-state index contributed by atoms with van der Waals surface area (Å²) in [5.41, 5.74) is -0.0428. The number of nitrogens with one attached hydrogen (secondary N) is 1. The topological polar surface area (TPSA) is 149 Å². The van der Waals surface area contributed by atoms with Gasteiger partial charge in [0.15, 0.2) is 0 Å². The number of dihydropyridines is 1. The first kappa shape index (κ1) is 40.0. The van der Waals surface area contributed by atoms with Crippen molar-refractivity contribution in [2.75, 3.05) is 53.3 Å². The van der Waals surface area contributed by atoms with E-state index in [9.17, 15) is 28.2 Å². The number of amides is 2. The van der Waals surface area contributed by atoms with Crippen molar-refractivity contribution in [1.29, 1.82) is 0 Å². The number of methoxy groups -OCH3 is 3. The number of ether oxygens (including phenoxy) is 3. The van der Waals surface area contributed by atoms with E-state index in [1.807, 2.05) is 0 Å². The Morgan fingerprint density at radius 1 is 0.755 bits per heavy atom. The first-order chi connectivity index (χ1) is 25.4. The van der Waals surface area contributed by atoms with Crippen LogP contribution < -0.4 is 5.32 Å². The fourth-order valence-corrected chi connectivity index (χ4v) is 9.18. The van der Waals surface area contributed by atoms with Crippen molar-refractivity contribution in [2.45, 2.75) is 55.8 Å². The number of nitrogens with zero attached hydrogens (tertiary/aromatic N) is 2. The average Bonchev–Trinajstić information content (AvgIpc) is 3.61. The molecule has 0 aromatic heterocycles. The van der Waals surface area contributed by atoms with E-state index >= 15 is 0 Å². The van der Waals surface area contributed by atoms with E-state index in [-0.39, 0.29) is 94.0 Å². The average molecular weight is 789 g/mol. The van der Waals surface area contributed by atoms with Crippen LogP contribution in [0.3, 0.4) is 0 Å². The van der Waals surface area contributed by atoms with E-state index in [4.69, 9.17) is 37.4 Å². The van der Waals surface area contributed by atoms with Crippen LogP contribution in [-0.2, 0) is 49.0 Å². The van der Waals surface area contributed by atoms with Crippen molar-refractivity contribution in [3.05, 3.63) is 86.7 Å². The highest BCUT2D eigenvalue weighted by molar-refractivity contribution is 7.85. The third-order valence-electron chi connectivity index (χ3n) is 10.2. The molecule has 1 N–H and O–H groups in total. The molecule has 2 unspecified atom stereocenters. The summed E-state index contributed by atoms with van der Waals surface area (Å²) >= 11 is 13.4. The van der Waals surface area contributed by atoms with Crippen LogP contribution in [0.25, 0.3) is 0 Å². The summed E-state index contributed by atoms with van der Waals surface area (Å²) in [6, 6.07) is 13.4. The molecule has 2 aliphatic heterocycles. The second-order valence-corrected chi connectivity index (χ2v) is 15.6. The Hall–Kier alpha value is -4.20. The Kier molecular flexibility index (Phi) is 13.4. The highest BCUT2D eigenvalue weighted by Gasteiger charge is 2.43. The van der Waals surface area contributed by atoms with Gasteiger partial charge in [0.05, 0.1) is 67.8 Å². The van der Waals surface area contributed by atoms with Gasteiger partial charge in [-0.05, 0) is 42.5 Å². The highest BCUT2D eigenvalue weighted by Crippen LogP contribution is 2.46. The molecule has 5 rings (SSSR count). The molecule has 284 valence electrons. The van der Waals surface area contributed by atoms with Crippen LogP contribution in [0.5, 0.6) is 0 Å². The Morgan fingerprint density at radius 2 is 1.30 bits per heavy atom. The molecule has 1 saturated heterocycles. The second kappa shape index (κ2) is 17.7. The van der Waals surface area contributed by atoms with Crippen LogP contribution in [0.2, 0.25) is 10.0 Å². The molecule has 1 aliphatic carbocycles. The minimum atomic E-state index is -1.67. The van der Waals surface area contributed by atoms with E-state index < -0.39 is 34.1 Å². The van der Waals surface area contributed by atoms with Gasteiger partial charge in [-0.1, -0.05) is 60.3 Å². The molecule has 2 fully saturated rings. The Balaban J connectivity index is 1.44. The molecule has 0 spiro atoms. The summed E-state index contributed by atoms with van der Waals surface area (Å²) in [5, 5.41) is 3.41. The maximum atomic E-state index is 14.0. The van der Waals surface area contributed by atoms with Crippen LogP contribution in [0.1, 0.15) is 56.4 Å². The molecule has 2 aromatic rings. The zero-order valence-electron chi connectivity index (χ0n) is 29.9. The van der Waals surface area contributed by atoms with Gasteiger partial charge in [0.2, 0.25) is 11.8 Å². The molecule has 3 aliphatic rings. The summed E-state index contributed by atoms with van der Waals surface area (Å²) in [5.74, 6) is -3.85. The molecule has 53 heavy (non-hydrogen) atoms. The van der Waals surface area contributed by atoms with Crippen LogP contribution in [-0.4, -0.2) is 97.0 Å². The van der Waals surface area contributed by atoms with Crippen molar-refractivity contribution >= 4 is 63.7 Å². The molecule has 12 nitrogen and oxygen atoms in total. The molecule has 2 amide bonds. The monoisotopic (exact) mass is 787 g/mol. The number of piperazine rings is 1. The molecule has 0 radical (unpaired) electrons. The minimum absolute atomic E-state index is 0.0530. The third kappa shape index (κ3) is 9.13. The van der Waals surface area contributed by atoms with Crippen molar-refractivity contribution in [1.82, 2.24) is 15.1 Å². The SMILES string of the molecule is COC(=O)CC1(CC(=O)N2CCN(C(=O)CC3=C(C(=O)OC)C(c4c(Cl)cccc4Cl)C(C(=O)OC)=C(CS(=O)c4ccccc4)N3)CC2)CCCC1. The summed E-state index contributed by atoms with van der Waals surface area (Å²) in [4.78, 5) is 70.7. The highest BCUT2D eigenvalue weighted by atomic mass is 35.5. The Labute approximate surface area is 321 Å². The summed E-state index contributed by atoms with van der Waals surface area (Å²) in [7, 11) is 2.05. The fraction of sp³-hybridized carbons (Fsp3) is 0.447. The zero-order valence-corrected chi connectivity index (χ0v) is 32.2. The van der Waals surface area contributed by atoms with E-state index in [0.29, 0.717) is 18.0 Å². The maximum Gasteiger partial charge on any atom is 0.336 e. The molecule has 2 atom stereocenters. The van der Waals surface area contributed by atoms with Gasteiger partial charge in [-0.15, -0.1) is 0 Å². The molecular weight excluding hydrogens is 745 g/mol. The van der Waals surface area contributed by atoms with E-state index in [1.54, 1.807) is 58.3 Å². The number of rotatable bonds is 12. The number of carbonyl (C=O) groups excluding carboxylic acids is 5. The molecule has 1 saturated carbocycles. The van der Waals surface area contributed by atoms with Crippen molar-refractivity contribution in [3.8, 4) is 0 Å². The molecule has 0 bridgehead atoms. The molecule has 2 heterocycles. The number of hydrogen-bond acceptors (Lipinski definition) is 10.